The number of rotatable bonds is 6. The third-order valence-electron chi connectivity index (χ3n) is 4.82. The number of nitrogens with one attached hydrogen (secondary N) is 1. The van der Waals surface area contributed by atoms with E-state index in [0.29, 0.717) is 35.5 Å². The lowest BCUT2D eigenvalue weighted by atomic mass is 10.1. The molecular formula is C21H24N2O5S. The highest BCUT2D eigenvalue weighted by molar-refractivity contribution is 7.88. The van der Waals surface area contributed by atoms with Gasteiger partial charge in [0.25, 0.3) is 5.91 Å². The van der Waals surface area contributed by atoms with Gasteiger partial charge in [0.2, 0.25) is 10.0 Å². The summed E-state index contributed by atoms with van der Waals surface area (Å²) in [5.74, 6) is -0.909. The summed E-state index contributed by atoms with van der Waals surface area (Å²) in [6.45, 7) is 1.15. The molecule has 0 aliphatic carbocycles. The van der Waals surface area contributed by atoms with Crippen LogP contribution in [-0.4, -0.2) is 44.8 Å². The van der Waals surface area contributed by atoms with E-state index < -0.39 is 16.0 Å². The van der Waals surface area contributed by atoms with E-state index in [-0.39, 0.29) is 11.7 Å². The number of esters is 1. The average Bonchev–Trinajstić information content (AvgIpc) is 2.74. The molecule has 0 unspecified atom stereocenters. The van der Waals surface area contributed by atoms with Crippen molar-refractivity contribution in [2.75, 3.05) is 25.5 Å². The summed E-state index contributed by atoms with van der Waals surface area (Å²) in [6.07, 6.45) is 2.86. The first kappa shape index (κ1) is 21.0. The number of hydrogen-bond donors (Lipinski definition) is 1. The Labute approximate surface area is 170 Å². The van der Waals surface area contributed by atoms with Crippen molar-refractivity contribution in [2.45, 2.75) is 25.0 Å². The summed E-state index contributed by atoms with van der Waals surface area (Å²) in [5, 5.41) is 2.72. The first-order chi connectivity index (χ1) is 13.9. The molecule has 0 atom stereocenters. The zero-order valence-electron chi connectivity index (χ0n) is 16.3. The monoisotopic (exact) mass is 416 g/mol. The van der Waals surface area contributed by atoms with Crippen molar-refractivity contribution in [1.29, 1.82) is 0 Å². The molecular weight excluding hydrogens is 392 g/mol. The predicted molar refractivity (Wildman–Crippen MR) is 110 cm³/mol. The van der Waals surface area contributed by atoms with Crippen LogP contribution in [0.2, 0.25) is 0 Å². The second-order valence-corrected chi connectivity index (χ2v) is 8.91. The second kappa shape index (κ2) is 9.19. The molecule has 1 aliphatic rings. The van der Waals surface area contributed by atoms with E-state index in [1.807, 2.05) is 0 Å². The Hall–Kier alpha value is -2.71. The fraction of sp³-hybridized carbons (Fsp3) is 0.333. The van der Waals surface area contributed by atoms with E-state index in [2.05, 4.69) is 10.1 Å². The van der Waals surface area contributed by atoms with Gasteiger partial charge in [-0.15, -0.1) is 0 Å². The summed E-state index contributed by atoms with van der Waals surface area (Å²) in [4.78, 5) is 24.1. The number of methoxy groups -OCH3 is 1. The van der Waals surface area contributed by atoms with Crippen LogP contribution in [0.4, 0.5) is 5.69 Å². The highest BCUT2D eigenvalue weighted by Gasteiger charge is 2.24. The molecule has 154 valence electrons. The van der Waals surface area contributed by atoms with Gasteiger partial charge in [-0.25, -0.2) is 17.5 Å². The minimum Gasteiger partial charge on any atom is -0.465 e. The normalized spacial score (nSPS) is 14.9. The maximum Gasteiger partial charge on any atom is 0.337 e. The SMILES string of the molecule is COC(=O)c1cccc(NC(=O)c2ccc(CS(=O)(=O)N3CCCCC3)cc2)c1. The quantitative estimate of drug-likeness (QED) is 0.731. The van der Waals surface area contributed by atoms with Crippen LogP contribution in [0.1, 0.15) is 45.5 Å². The number of nitrogens with zero attached hydrogens (tertiary/aromatic N) is 1. The molecule has 3 rings (SSSR count). The molecule has 2 aromatic carbocycles. The van der Waals surface area contributed by atoms with Crippen LogP contribution in [0.5, 0.6) is 0 Å². The fourth-order valence-electron chi connectivity index (χ4n) is 3.24. The third-order valence-corrected chi connectivity index (χ3v) is 6.67. The molecule has 1 heterocycles. The van der Waals surface area contributed by atoms with Gasteiger partial charge in [-0.05, 0) is 48.7 Å². The number of carbonyl (C=O) groups is 2. The minimum absolute atomic E-state index is 0.0733. The summed E-state index contributed by atoms with van der Waals surface area (Å²) in [6, 6.07) is 13.0. The molecule has 7 nitrogen and oxygen atoms in total. The summed E-state index contributed by atoms with van der Waals surface area (Å²) >= 11 is 0. The van der Waals surface area contributed by atoms with Gasteiger partial charge >= 0.3 is 5.97 Å². The molecule has 1 amide bonds. The molecule has 1 N–H and O–H groups in total. The first-order valence-electron chi connectivity index (χ1n) is 9.45. The van der Waals surface area contributed by atoms with Crippen molar-refractivity contribution in [3.05, 3.63) is 65.2 Å². The standard InChI is InChI=1S/C21H24N2O5S/c1-28-21(25)18-6-5-7-19(14-18)22-20(24)17-10-8-16(9-11-17)15-29(26,27)23-12-3-2-4-13-23/h5-11,14H,2-4,12-13,15H2,1H3,(H,22,24). The Morgan fingerprint density at radius 2 is 1.69 bits per heavy atom. The number of hydrogen-bond acceptors (Lipinski definition) is 5. The zero-order chi connectivity index (χ0) is 20.9. The van der Waals surface area contributed by atoms with Crippen molar-refractivity contribution in [3.63, 3.8) is 0 Å². The predicted octanol–water partition coefficient (Wildman–Crippen LogP) is 3.04. The zero-order valence-corrected chi connectivity index (χ0v) is 17.1. The van der Waals surface area contributed by atoms with Crippen LogP contribution in [0.25, 0.3) is 0 Å². The van der Waals surface area contributed by atoms with Gasteiger partial charge in [0.15, 0.2) is 0 Å². The van der Waals surface area contributed by atoms with Crippen LogP contribution < -0.4 is 5.32 Å². The lowest BCUT2D eigenvalue weighted by molar-refractivity contribution is 0.0600. The average molecular weight is 416 g/mol. The molecule has 8 heteroatoms. The Balaban J connectivity index is 1.65. The van der Waals surface area contributed by atoms with E-state index >= 15 is 0 Å². The number of piperidine rings is 1. The van der Waals surface area contributed by atoms with Crippen LogP contribution in [0.15, 0.2) is 48.5 Å². The Bertz CT molecular complexity index is 980. The molecule has 0 radical (unpaired) electrons. The largest absolute Gasteiger partial charge is 0.465 e. The topological polar surface area (TPSA) is 92.8 Å². The summed E-state index contributed by atoms with van der Waals surface area (Å²) in [7, 11) is -2.05. The van der Waals surface area contributed by atoms with E-state index in [9.17, 15) is 18.0 Å². The molecule has 0 bridgehead atoms. The number of ether oxygens (including phenoxy) is 1. The number of amides is 1. The van der Waals surface area contributed by atoms with E-state index in [1.54, 1.807) is 46.8 Å². The number of anilines is 1. The van der Waals surface area contributed by atoms with E-state index in [1.165, 1.54) is 13.2 Å². The molecule has 0 saturated carbocycles. The molecule has 0 spiro atoms. The lowest BCUT2D eigenvalue weighted by Gasteiger charge is -2.25. The summed E-state index contributed by atoms with van der Waals surface area (Å²) < 4.78 is 31.3. The van der Waals surface area contributed by atoms with Crippen LogP contribution in [-0.2, 0) is 20.5 Å². The van der Waals surface area contributed by atoms with Crippen molar-refractivity contribution in [3.8, 4) is 0 Å². The van der Waals surface area contributed by atoms with Crippen LogP contribution in [0, 0.1) is 0 Å². The minimum atomic E-state index is -3.34. The van der Waals surface area contributed by atoms with E-state index in [0.717, 1.165) is 19.3 Å². The molecule has 0 aromatic heterocycles. The maximum absolute atomic E-state index is 12.5. The van der Waals surface area contributed by atoms with Crippen molar-refractivity contribution < 1.29 is 22.7 Å². The highest BCUT2D eigenvalue weighted by atomic mass is 32.2. The van der Waals surface area contributed by atoms with Gasteiger partial charge in [0.05, 0.1) is 18.4 Å². The van der Waals surface area contributed by atoms with E-state index in [4.69, 9.17) is 0 Å². The molecule has 1 fully saturated rings. The van der Waals surface area contributed by atoms with Gasteiger partial charge in [-0.3, -0.25) is 4.79 Å². The second-order valence-electron chi connectivity index (χ2n) is 6.94. The lowest BCUT2D eigenvalue weighted by Crippen LogP contribution is -2.36. The molecule has 2 aromatic rings. The van der Waals surface area contributed by atoms with Gasteiger partial charge in [0, 0.05) is 24.3 Å². The third kappa shape index (κ3) is 5.42. The Morgan fingerprint density at radius 1 is 1.00 bits per heavy atom. The number of sulfonamides is 1. The fourth-order valence-corrected chi connectivity index (χ4v) is 4.85. The number of benzene rings is 2. The highest BCUT2D eigenvalue weighted by Crippen LogP contribution is 2.18. The molecule has 1 aliphatic heterocycles. The summed E-state index contributed by atoms with van der Waals surface area (Å²) in [5.41, 5.74) is 1.84. The smallest absolute Gasteiger partial charge is 0.337 e. The van der Waals surface area contributed by atoms with Crippen LogP contribution >= 0.6 is 0 Å². The molecule has 29 heavy (non-hydrogen) atoms. The Kier molecular flexibility index (Phi) is 6.66. The van der Waals surface area contributed by atoms with Gasteiger partial charge < -0.3 is 10.1 Å². The van der Waals surface area contributed by atoms with Gasteiger partial charge in [-0.1, -0.05) is 24.6 Å². The van der Waals surface area contributed by atoms with Gasteiger partial charge in [-0.2, -0.15) is 0 Å². The van der Waals surface area contributed by atoms with Crippen molar-refractivity contribution in [2.24, 2.45) is 0 Å². The van der Waals surface area contributed by atoms with Crippen molar-refractivity contribution >= 4 is 27.6 Å². The Morgan fingerprint density at radius 3 is 2.34 bits per heavy atom. The maximum atomic E-state index is 12.5. The first-order valence-corrected chi connectivity index (χ1v) is 11.1. The molecule has 1 saturated heterocycles. The van der Waals surface area contributed by atoms with Crippen molar-refractivity contribution in [1.82, 2.24) is 4.31 Å². The van der Waals surface area contributed by atoms with Crippen LogP contribution in [0.3, 0.4) is 0 Å². The number of carbonyl (C=O) groups excluding carboxylic acids is 2. The van der Waals surface area contributed by atoms with Gasteiger partial charge in [0.1, 0.15) is 0 Å².